The van der Waals surface area contributed by atoms with Crippen LogP contribution in [0.4, 0.5) is 4.39 Å². The zero-order valence-electron chi connectivity index (χ0n) is 20.9. The Balaban J connectivity index is 2.10. The summed E-state index contributed by atoms with van der Waals surface area (Å²) in [6.45, 7) is 8.04. The van der Waals surface area contributed by atoms with Gasteiger partial charge in [0.2, 0.25) is 5.91 Å². The summed E-state index contributed by atoms with van der Waals surface area (Å²) in [6, 6.07) is 9.53. The molecule has 0 saturated carbocycles. The van der Waals surface area contributed by atoms with Gasteiger partial charge < -0.3 is 24.7 Å². The van der Waals surface area contributed by atoms with Crippen molar-refractivity contribution in [2.75, 3.05) is 40.0 Å². The van der Waals surface area contributed by atoms with Crippen LogP contribution in [0.25, 0.3) is 11.3 Å². The summed E-state index contributed by atoms with van der Waals surface area (Å²) in [4.78, 5) is 19.8. The maximum Gasteiger partial charge on any atom is 0.249 e. The van der Waals surface area contributed by atoms with E-state index < -0.39 is 17.6 Å². The van der Waals surface area contributed by atoms with Crippen molar-refractivity contribution in [2.45, 2.75) is 52.4 Å². The Morgan fingerprint density at radius 1 is 1.29 bits per heavy atom. The molecular weight excluding hydrogens is 435 g/mol. The number of nitrogens with zero attached hydrogens (tertiary/aromatic N) is 3. The van der Waals surface area contributed by atoms with Crippen LogP contribution in [0.3, 0.4) is 0 Å². The lowest BCUT2D eigenvalue weighted by atomic mass is 9.84. The van der Waals surface area contributed by atoms with Crippen molar-refractivity contribution in [3.63, 3.8) is 0 Å². The van der Waals surface area contributed by atoms with Crippen LogP contribution >= 0.6 is 0 Å². The van der Waals surface area contributed by atoms with Crippen LogP contribution in [0.15, 0.2) is 36.5 Å². The first-order valence-electron chi connectivity index (χ1n) is 12.1. The molecule has 8 heteroatoms. The van der Waals surface area contributed by atoms with Gasteiger partial charge in [0.05, 0.1) is 18.3 Å². The van der Waals surface area contributed by atoms with Gasteiger partial charge >= 0.3 is 0 Å². The lowest BCUT2D eigenvalue weighted by molar-refractivity contribution is -0.141. The second-order valence-corrected chi connectivity index (χ2v) is 10.1. The van der Waals surface area contributed by atoms with E-state index in [1.807, 2.05) is 30.3 Å². The molecule has 1 amide bonds. The Kier molecular flexibility index (Phi) is 9.22. The Bertz CT molecular complexity index is 907. The van der Waals surface area contributed by atoms with E-state index in [1.165, 1.54) is 7.11 Å². The third-order valence-corrected chi connectivity index (χ3v) is 6.29. The highest BCUT2D eigenvalue weighted by Gasteiger charge is 2.39. The van der Waals surface area contributed by atoms with Gasteiger partial charge in [-0.2, -0.15) is 0 Å². The summed E-state index contributed by atoms with van der Waals surface area (Å²) in [5.74, 6) is 0.930. The molecule has 1 aliphatic heterocycles. The van der Waals surface area contributed by atoms with E-state index in [9.17, 15) is 9.18 Å². The molecule has 0 radical (unpaired) electrons. The quantitative estimate of drug-likeness (QED) is 0.566. The second-order valence-electron chi connectivity index (χ2n) is 10.1. The van der Waals surface area contributed by atoms with E-state index in [0.29, 0.717) is 5.92 Å². The fourth-order valence-corrected chi connectivity index (χ4v) is 4.59. The van der Waals surface area contributed by atoms with Crippen molar-refractivity contribution in [2.24, 2.45) is 17.1 Å². The van der Waals surface area contributed by atoms with Gasteiger partial charge in [-0.3, -0.25) is 4.79 Å². The second kappa shape index (κ2) is 11.9. The highest BCUT2D eigenvalue weighted by Crippen LogP contribution is 2.39. The minimum atomic E-state index is -1.34. The first kappa shape index (κ1) is 26.3. The molecule has 2 aromatic rings. The molecule has 1 fully saturated rings. The summed E-state index contributed by atoms with van der Waals surface area (Å²) in [7, 11) is 1.47. The molecule has 0 spiro atoms. The van der Waals surface area contributed by atoms with Crippen LogP contribution in [0.1, 0.15) is 45.5 Å². The lowest BCUT2D eigenvalue weighted by Crippen LogP contribution is -2.47. The molecule has 0 bridgehead atoms. The van der Waals surface area contributed by atoms with Gasteiger partial charge in [0.15, 0.2) is 0 Å². The predicted molar refractivity (Wildman–Crippen MR) is 131 cm³/mol. The summed E-state index contributed by atoms with van der Waals surface area (Å²) >= 11 is 0. The molecule has 0 unspecified atom stereocenters. The number of carbonyl (C=O) groups excluding carboxylic acids is 1. The highest BCUT2D eigenvalue weighted by molar-refractivity contribution is 5.78. The summed E-state index contributed by atoms with van der Waals surface area (Å²) in [5, 5.41) is 0. The minimum Gasteiger partial charge on any atom is -0.381 e. The molecular formula is C26H39FN4O3. The van der Waals surface area contributed by atoms with E-state index in [-0.39, 0.29) is 25.6 Å². The van der Waals surface area contributed by atoms with Crippen LogP contribution in [0.5, 0.6) is 0 Å². The van der Waals surface area contributed by atoms with Gasteiger partial charge in [-0.1, -0.05) is 51.1 Å². The molecule has 7 nitrogen and oxygen atoms in total. The number of alkyl halides is 1. The summed E-state index contributed by atoms with van der Waals surface area (Å²) in [6.07, 6.45) is 2.68. The number of benzene rings is 1. The number of aromatic nitrogens is 2. The average Bonchev–Trinajstić information content (AvgIpc) is 3.22. The molecule has 0 aliphatic carbocycles. The molecule has 2 N–H and O–H groups in total. The number of imidazole rings is 1. The van der Waals surface area contributed by atoms with E-state index in [4.69, 9.17) is 20.2 Å². The fraction of sp³-hybridized carbons (Fsp3) is 0.615. The number of amides is 1. The van der Waals surface area contributed by atoms with Gasteiger partial charge in [0.25, 0.3) is 0 Å². The maximum atomic E-state index is 14.6. The number of nitrogens with two attached hydrogens (primary N) is 1. The van der Waals surface area contributed by atoms with Crippen LogP contribution in [0.2, 0.25) is 0 Å². The zero-order chi connectivity index (χ0) is 24.7. The third kappa shape index (κ3) is 6.64. The van der Waals surface area contributed by atoms with Crippen molar-refractivity contribution in [3.05, 3.63) is 42.4 Å². The number of halogens is 1. The number of carbonyl (C=O) groups is 1. The monoisotopic (exact) mass is 474 g/mol. The molecule has 188 valence electrons. The number of hydrogen-bond donors (Lipinski definition) is 1. The number of rotatable bonds is 10. The van der Waals surface area contributed by atoms with Crippen molar-refractivity contribution in [3.8, 4) is 11.3 Å². The van der Waals surface area contributed by atoms with Crippen LogP contribution in [-0.4, -0.2) is 66.5 Å². The average molecular weight is 475 g/mol. The van der Waals surface area contributed by atoms with Gasteiger partial charge in [-0.15, -0.1) is 0 Å². The maximum absolute atomic E-state index is 14.6. The normalized spacial score (nSPS) is 16.9. The van der Waals surface area contributed by atoms with Gasteiger partial charge in [0.1, 0.15) is 18.6 Å². The Labute approximate surface area is 202 Å². The molecule has 2 atom stereocenters. The van der Waals surface area contributed by atoms with Gasteiger partial charge in [0, 0.05) is 45.2 Å². The summed E-state index contributed by atoms with van der Waals surface area (Å²) in [5.41, 5.74) is 7.03. The fourth-order valence-electron chi connectivity index (χ4n) is 4.59. The van der Waals surface area contributed by atoms with Gasteiger partial charge in [-0.05, 0) is 24.2 Å². The largest absolute Gasteiger partial charge is 0.381 e. The third-order valence-electron chi connectivity index (χ3n) is 6.29. The zero-order valence-corrected chi connectivity index (χ0v) is 20.9. The minimum absolute atomic E-state index is 0.106. The van der Waals surface area contributed by atoms with Crippen molar-refractivity contribution in [1.29, 1.82) is 0 Å². The van der Waals surface area contributed by atoms with E-state index in [2.05, 4.69) is 31.5 Å². The Morgan fingerprint density at radius 3 is 2.56 bits per heavy atom. The smallest absolute Gasteiger partial charge is 0.249 e. The molecule has 34 heavy (non-hydrogen) atoms. The molecule has 1 aromatic carbocycles. The van der Waals surface area contributed by atoms with E-state index in [0.717, 1.165) is 49.7 Å². The number of hydrogen-bond acceptors (Lipinski definition) is 5. The topological polar surface area (TPSA) is 82.6 Å². The predicted octanol–water partition coefficient (Wildman–Crippen LogP) is 3.84. The van der Waals surface area contributed by atoms with E-state index >= 15 is 0 Å². The highest BCUT2D eigenvalue weighted by atomic mass is 19.1. The molecule has 1 aromatic heterocycles. The SMILES string of the molecule is COCC(=O)N(C[C@H](F)CN)[C@@H](c1nc(-c2ccccc2)cn1CC1CCOCC1)C(C)(C)C. The van der Waals surface area contributed by atoms with Crippen molar-refractivity contribution >= 4 is 5.91 Å². The van der Waals surface area contributed by atoms with Crippen molar-refractivity contribution < 1.29 is 18.7 Å². The molecule has 1 saturated heterocycles. The van der Waals surface area contributed by atoms with Crippen LogP contribution in [-0.2, 0) is 20.8 Å². The molecule has 1 aliphatic rings. The Morgan fingerprint density at radius 2 is 1.97 bits per heavy atom. The van der Waals surface area contributed by atoms with Crippen LogP contribution < -0.4 is 5.73 Å². The van der Waals surface area contributed by atoms with Gasteiger partial charge in [-0.25, -0.2) is 9.37 Å². The first-order chi connectivity index (χ1) is 16.2. The number of ether oxygens (including phenoxy) is 2. The standard InChI is InChI=1S/C26H39FN4O3/c1-26(2,3)24(31(16-21(27)14-28)23(32)18-33-4)25-29-22(20-8-6-5-7-9-20)17-30(25)15-19-10-12-34-13-11-19/h5-9,17,19,21,24H,10-16,18,28H2,1-4H3/t21-,24+/m1/s1. The summed E-state index contributed by atoms with van der Waals surface area (Å²) < 4.78 is 27.4. The van der Waals surface area contributed by atoms with E-state index in [1.54, 1.807) is 4.90 Å². The lowest BCUT2D eigenvalue weighted by Gasteiger charge is -2.40. The molecule has 3 rings (SSSR count). The number of methoxy groups -OCH3 is 1. The van der Waals surface area contributed by atoms with Crippen LogP contribution in [0, 0.1) is 11.3 Å². The van der Waals surface area contributed by atoms with Crippen molar-refractivity contribution in [1.82, 2.24) is 14.5 Å². The first-order valence-corrected chi connectivity index (χ1v) is 12.1. The Hall–Kier alpha value is -2.29. The molecule has 2 heterocycles.